The van der Waals surface area contributed by atoms with Crippen molar-refractivity contribution in [1.82, 2.24) is 0 Å². The van der Waals surface area contributed by atoms with E-state index in [-0.39, 0.29) is 10.6 Å². The number of rotatable bonds is 3. The number of aryl methyl sites for hydroxylation is 1. The number of halogens is 1. The van der Waals surface area contributed by atoms with Gasteiger partial charge in [0.25, 0.3) is 0 Å². The molecule has 0 saturated heterocycles. The molecule has 0 aromatic heterocycles. The minimum Gasteiger partial charge on any atom is -0.504 e. The van der Waals surface area contributed by atoms with Crippen molar-refractivity contribution in [3.63, 3.8) is 0 Å². The van der Waals surface area contributed by atoms with Crippen molar-refractivity contribution >= 4 is 10.1 Å². The van der Waals surface area contributed by atoms with E-state index in [2.05, 4.69) is 0 Å². The fraction of sp³-hybridized carbons (Fsp3) is 0.0769. The van der Waals surface area contributed by atoms with E-state index in [4.69, 9.17) is 4.18 Å². The van der Waals surface area contributed by atoms with E-state index in [1.165, 1.54) is 12.1 Å². The average molecular weight is 282 g/mol. The normalized spacial score (nSPS) is 11.3. The largest absolute Gasteiger partial charge is 0.504 e. The Morgan fingerprint density at radius 2 is 1.74 bits per heavy atom. The summed E-state index contributed by atoms with van der Waals surface area (Å²) in [6.45, 7) is 1.82. The fourth-order valence-corrected chi connectivity index (χ4v) is 2.38. The molecule has 0 aliphatic rings. The molecule has 0 aliphatic carbocycles. The molecule has 1 N–H and O–H groups in total. The van der Waals surface area contributed by atoms with Crippen LogP contribution in [0.5, 0.6) is 11.5 Å². The molecule has 6 heteroatoms. The second-order valence-electron chi connectivity index (χ2n) is 3.96. The van der Waals surface area contributed by atoms with Gasteiger partial charge in [0.2, 0.25) is 0 Å². The second-order valence-corrected chi connectivity index (χ2v) is 5.51. The number of phenolic OH excluding ortho intramolecular Hbond substituents is 1. The van der Waals surface area contributed by atoms with Gasteiger partial charge in [-0.15, -0.1) is 0 Å². The third-order valence-electron chi connectivity index (χ3n) is 2.43. The molecule has 4 nitrogen and oxygen atoms in total. The molecule has 0 unspecified atom stereocenters. The molecule has 0 fully saturated rings. The Labute approximate surface area is 110 Å². The summed E-state index contributed by atoms with van der Waals surface area (Å²) in [5.74, 6) is -1.57. The van der Waals surface area contributed by atoms with Crippen molar-refractivity contribution in [3.05, 3.63) is 53.8 Å². The molecule has 0 bridgehead atoms. The lowest BCUT2D eigenvalue weighted by atomic mass is 10.2. The van der Waals surface area contributed by atoms with Gasteiger partial charge >= 0.3 is 10.1 Å². The van der Waals surface area contributed by atoms with Crippen molar-refractivity contribution < 1.29 is 22.1 Å². The molecule has 0 aliphatic heterocycles. The number of hydrogen-bond acceptors (Lipinski definition) is 4. The van der Waals surface area contributed by atoms with Crippen LogP contribution in [0.25, 0.3) is 0 Å². The lowest BCUT2D eigenvalue weighted by Gasteiger charge is -2.08. The quantitative estimate of drug-likeness (QED) is 0.879. The van der Waals surface area contributed by atoms with Crippen LogP contribution in [0.4, 0.5) is 4.39 Å². The lowest BCUT2D eigenvalue weighted by molar-refractivity contribution is 0.424. The first-order chi connectivity index (χ1) is 8.88. The van der Waals surface area contributed by atoms with Crippen LogP contribution >= 0.6 is 0 Å². The average Bonchev–Trinajstić information content (AvgIpc) is 2.33. The van der Waals surface area contributed by atoms with Gasteiger partial charge in [-0.1, -0.05) is 17.7 Å². The van der Waals surface area contributed by atoms with Crippen molar-refractivity contribution in [2.24, 2.45) is 0 Å². The number of hydrogen-bond donors (Lipinski definition) is 1. The van der Waals surface area contributed by atoms with E-state index in [1.807, 2.05) is 6.92 Å². The zero-order chi connectivity index (χ0) is 14.0. The van der Waals surface area contributed by atoms with Crippen LogP contribution in [0.3, 0.4) is 0 Å². The number of phenols is 1. The van der Waals surface area contributed by atoms with E-state index in [0.717, 1.165) is 23.8 Å². The van der Waals surface area contributed by atoms with E-state index in [0.29, 0.717) is 0 Å². The maximum Gasteiger partial charge on any atom is 0.339 e. The molecule has 0 spiro atoms. The smallest absolute Gasteiger partial charge is 0.339 e. The predicted molar refractivity (Wildman–Crippen MR) is 67.1 cm³/mol. The first-order valence-corrected chi connectivity index (χ1v) is 6.79. The van der Waals surface area contributed by atoms with Crippen LogP contribution in [-0.2, 0) is 10.1 Å². The molecule has 100 valence electrons. The Morgan fingerprint density at radius 1 is 1.11 bits per heavy atom. The first-order valence-electron chi connectivity index (χ1n) is 5.38. The van der Waals surface area contributed by atoms with Gasteiger partial charge in [0.1, 0.15) is 10.7 Å². The van der Waals surface area contributed by atoms with Crippen molar-refractivity contribution in [3.8, 4) is 11.5 Å². The topological polar surface area (TPSA) is 63.6 Å². The monoisotopic (exact) mass is 282 g/mol. The summed E-state index contributed by atoms with van der Waals surface area (Å²) in [5, 5.41) is 9.42. The summed E-state index contributed by atoms with van der Waals surface area (Å²) in [6.07, 6.45) is 0. The van der Waals surface area contributed by atoms with Gasteiger partial charge in [0, 0.05) is 6.07 Å². The van der Waals surface area contributed by atoms with Gasteiger partial charge in [0.15, 0.2) is 11.5 Å². The molecule has 2 aromatic rings. The van der Waals surface area contributed by atoms with Gasteiger partial charge in [-0.25, -0.2) is 4.39 Å². The Bertz CT molecular complexity index is 693. The second kappa shape index (κ2) is 4.89. The van der Waals surface area contributed by atoms with E-state index < -0.39 is 21.7 Å². The van der Waals surface area contributed by atoms with Gasteiger partial charge in [-0.3, -0.25) is 0 Å². The fourth-order valence-electron chi connectivity index (χ4n) is 1.43. The summed E-state index contributed by atoms with van der Waals surface area (Å²) in [5.41, 5.74) is 0.906. The molecular formula is C13H11FO4S. The molecule has 0 atom stereocenters. The highest BCUT2D eigenvalue weighted by atomic mass is 32.2. The Morgan fingerprint density at radius 3 is 2.32 bits per heavy atom. The van der Waals surface area contributed by atoms with Crippen LogP contribution < -0.4 is 4.18 Å². The minimum atomic E-state index is -4.05. The van der Waals surface area contributed by atoms with Gasteiger partial charge < -0.3 is 9.29 Å². The van der Waals surface area contributed by atoms with Crippen LogP contribution in [0.15, 0.2) is 47.4 Å². The van der Waals surface area contributed by atoms with E-state index in [9.17, 15) is 17.9 Å². The van der Waals surface area contributed by atoms with E-state index in [1.54, 1.807) is 12.1 Å². The predicted octanol–water partition coefficient (Wildman–Crippen LogP) is 2.61. The van der Waals surface area contributed by atoms with Gasteiger partial charge in [-0.2, -0.15) is 8.42 Å². The van der Waals surface area contributed by atoms with E-state index >= 15 is 0 Å². The van der Waals surface area contributed by atoms with Gasteiger partial charge in [0.05, 0.1) is 0 Å². The molecule has 0 radical (unpaired) electrons. The molecule has 19 heavy (non-hydrogen) atoms. The maximum absolute atomic E-state index is 12.8. The third-order valence-corrected chi connectivity index (χ3v) is 3.68. The maximum atomic E-state index is 12.8. The highest BCUT2D eigenvalue weighted by Crippen LogP contribution is 2.29. The summed E-state index contributed by atoms with van der Waals surface area (Å²) in [4.78, 5) is -0.0400. The summed E-state index contributed by atoms with van der Waals surface area (Å²) < 4.78 is 41.4. The summed E-state index contributed by atoms with van der Waals surface area (Å²) in [6, 6.07) is 8.87. The summed E-state index contributed by atoms with van der Waals surface area (Å²) in [7, 11) is -4.05. The molecule has 2 rings (SSSR count). The Kier molecular flexibility index (Phi) is 3.44. The highest BCUT2D eigenvalue weighted by molar-refractivity contribution is 7.87. The standard InChI is InChI=1S/C13H11FO4S/c1-9-2-5-11(6-3-9)19(16,17)18-13-7-4-10(14)8-12(13)15/h2-8,15H,1H3. The van der Waals surface area contributed by atoms with Crippen LogP contribution in [0.2, 0.25) is 0 Å². The minimum absolute atomic E-state index is 0.0400. The lowest BCUT2D eigenvalue weighted by Crippen LogP contribution is -2.09. The Hall–Kier alpha value is -2.08. The summed E-state index contributed by atoms with van der Waals surface area (Å²) >= 11 is 0. The number of aromatic hydroxyl groups is 1. The third kappa shape index (κ3) is 3.03. The SMILES string of the molecule is Cc1ccc(S(=O)(=O)Oc2ccc(F)cc2O)cc1. The zero-order valence-electron chi connectivity index (χ0n) is 10.00. The van der Waals surface area contributed by atoms with Crippen LogP contribution in [0, 0.1) is 12.7 Å². The number of benzene rings is 2. The van der Waals surface area contributed by atoms with Crippen LogP contribution in [0.1, 0.15) is 5.56 Å². The zero-order valence-corrected chi connectivity index (χ0v) is 10.8. The molecular weight excluding hydrogens is 271 g/mol. The first kappa shape index (κ1) is 13.4. The van der Waals surface area contributed by atoms with Crippen LogP contribution in [-0.4, -0.2) is 13.5 Å². The van der Waals surface area contributed by atoms with Crippen molar-refractivity contribution in [2.45, 2.75) is 11.8 Å². The molecule has 2 aromatic carbocycles. The Balaban J connectivity index is 2.33. The molecule has 0 saturated carbocycles. The molecule has 0 amide bonds. The highest BCUT2D eigenvalue weighted by Gasteiger charge is 2.18. The van der Waals surface area contributed by atoms with Gasteiger partial charge in [-0.05, 0) is 31.2 Å². The molecule has 0 heterocycles. The van der Waals surface area contributed by atoms with Crippen molar-refractivity contribution in [2.75, 3.05) is 0 Å². The van der Waals surface area contributed by atoms with Crippen molar-refractivity contribution in [1.29, 1.82) is 0 Å².